The van der Waals surface area contributed by atoms with Gasteiger partial charge in [-0.3, -0.25) is 14.3 Å². The molecule has 2 amide bonds. The molecular formula is C27H34ClF5N4O5S. The zero-order chi connectivity index (χ0) is 32.7. The Morgan fingerprint density at radius 1 is 1.21 bits per heavy atom. The van der Waals surface area contributed by atoms with Crippen LogP contribution in [0.4, 0.5) is 22.0 Å². The predicted octanol–water partition coefficient (Wildman–Crippen LogP) is 5.66. The number of carbonyl (C=O) groups excluding carboxylic acids is 2. The molecule has 1 aliphatic heterocycles. The van der Waals surface area contributed by atoms with Crippen molar-refractivity contribution < 1.29 is 44.7 Å². The molecular weight excluding hydrogens is 623 g/mol. The Kier molecular flexibility index (Phi) is 12.7. The maximum atomic E-state index is 13.4. The van der Waals surface area contributed by atoms with Crippen LogP contribution in [0, 0.1) is 11.3 Å². The van der Waals surface area contributed by atoms with Crippen LogP contribution in [0.3, 0.4) is 0 Å². The predicted molar refractivity (Wildman–Crippen MR) is 149 cm³/mol. The number of piperidine rings is 1. The van der Waals surface area contributed by atoms with Crippen molar-refractivity contribution in [2.75, 3.05) is 13.1 Å². The Labute approximate surface area is 254 Å². The number of benzene rings is 1. The van der Waals surface area contributed by atoms with Gasteiger partial charge in [-0.05, 0) is 49.8 Å². The number of ether oxygens (including phenoxy) is 1. The Bertz CT molecular complexity index is 1330. The van der Waals surface area contributed by atoms with E-state index >= 15 is 0 Å². The maximum Gasteiger partial charge on any atom is 0.394 e. The van der Waals surface area contributed by atoms with Crippen molar-refractivity contribution in [3.8, 4) is 17.0 Å². The summed E-state index contributed by atoms with van der Waals surface area (Å²) >= 11 is 5.82. The minimum Gasteiger partial charge on any atom is -0.434 e. The monoisotopic (exact) mass is 656 g/mol. The van der Waals surface area contributed by atoms with E-state index in [-0.39, 0.29) is 58.3 Å². The van der Waals surface area contributed by atoms with Gasteiger partial charge < -0.3 is 15.0 Å². The van der Waals surface area contributed by atoms with Gasteiger partial charge in [-0.15, -0.1) is 0 Å². The first-order valence-corrected chi connectivity index (χ1v) is 14.4. The number of nitrogens with zero attached hydrogens (tertiary/aromatic N) is 3. The second kappa shape index (κ2) is 15.1. The number of carbonyl (C=O) groups is 2. The van der Waals surface area contributed by atoms with E-state index in [1.165, 1.54) is 23.7 Å². The van der Waals surface area contributed by atoms with Gasteiger partial charge in [0, 0.05) is 38.2 Å². The SMILES string of the molecule is CCn1nc(C(=O)NC[C@@H]2CC[C@@H](C)CN2C(C)=O)c(Cl)c1-c1ccc(CC(C)(C)C(F)(F)F)cc1OC(F)F.O=S=O. The molecule has 1 N–H and O–H groups in total. The lowest BCUT2D eigenvalue weighted by atomic mass is 9.84. The molecule has 1 saturated heterocycles. The van der Waals surface area contributed by atoms with Gasteiger partial charge in [-0.2, -0.15) is 35.5 Å². The number of likely N-dealkylation sites (tertiary alicyclic amines) is 1. The molecule has 2 atom stereocenters. The molecule has 43 heavy (non-hydrogen) atoms. The van der Waals surface area contributed by atoms with Crippen LogP contribution in [0.1, 0.15) is 63.5 Å². The van der Waals surface area contributed by atoms with Gasteiger partial charge in [0.1, 0.15) is 5.75 Å². The highest BCUT2D eigenvalue weighted by Crippen LogP contribution is 2.43. The first-order valence-electron chi connectivity index (χ1n) is 13.4. The lowest BCUT2D eigenvalue weighted by molar-refractivity contribution is -0.211. The molecule has 9 nitrogen and oxygen atoms in total. The number of hydrogen-bond donors (Lipinski definition) is 1. The summed E-state index contributed by atoms with van der Waals surface area (Å²) in [6, 6.07) is 3.65. The highest BCUT2D eigenvalue weighted by atomic mass is 35.5. The number of amides is 2. The second-order valence-corrected chi connectivity index (χ2v) is 11.4. The summed E-state index contributed by atoms with van der Waals surface area (Å²) in [6.45, 7) is 5.00. The first-order chi connectivity index (χ1) is 20.0. The van der Waals surface area contributed by atoms with E-state index in [1.807, 2.05) is 0 Å². The van der Waals surface area contributed by atoms with Crippen molar-refractivity contribution in [1.82, 2.24) is 20.0 Å². The summed E-state index contributed by atoms with van der Waals surface area (Å²) in [5, 5.41) is 6.92. The lowest BCUT2D eigenvalue weighted by Gasteiger charge is -2.38. The van der Waals surface area contributed by atoms with Gasteiger partial charge in [0.25, 0.3) is 5.91 Å². The minimum absolute atomic E-state index is 0.0521. The number of hydrogen-bond acceptors (Lipinski definition) is 6. The number of nitrogens with one attached hydrogen (secondary N) is 1. The summed E-state index contributed by atoms with van der Waals surface area (Å²) in [5.74, 6) is -0.735. The van der Waals surface area contributed by atoms with E-state index in [0.717, 1.165) is 32.8 Å². The molecule has 1 fully saturated rings. The van der Waals surface area contributed by atoms with Gasteiger partial charge >= 0.3 is 24.4 Å². The quantitative estimate of drug-likeness (QED) is 0.349. The summed E-state index contributed by atoms with van der Waals surface area (Å²) in [7, 11) is 0. The van der Waals surface area contributed by atoms with Crippen molar-refractivity contribution in [3.05, 3.63) is 34.5 Å². The summed E-state index contributed by atoms with van der Waals surface area (Å²) in [4.78, 5) is 26.9. The van der Waals surface area contributed by atoms with Crippen LogP contribution < -0.4 is 10.1 Å². The van der Waals surface area contributed by atoms with E-state index in [9.17, 15) is 31.5 Å². The van der Waals surface area contributed by atoms with Crippen LogP contribution in [0.25, 0.3) is 11.3 Å². The smallest absolute Gasteiger partial charge is 0.394 e. The van der Waals surface area contributed by atoms with Crippen LogP contribution in [-0.2, 0) is 29.3 Å². The average Bonchev–Trinajstić information content (AvgIpc) is 3.23. The molecule has 0 bridgehead atoms. The molecule has 2 aromatic rings. The van der Waals surface area contributed by atoms with Crippen molar-refractivity contribution >= 4 is 35.0 Å². The van der Waals surface area contributed by atoms with E-state index in [0.29, 0.717) is 12.5 Å². The molecule has 1 aliphatic rings. The Hall–Kier alpha value is -3.07. The zero-order valence-corrected chi connectivity index (χ0v) is 25.8. The third kappa shape index (κ3) is 9.21. The Balaban J connectivity index is 0.00000206. The fourth-order valence-corrected chi connectivity index (χ4v) is 5.17. The standard InChI is InChI=1S/C27H34ClF5N4O3.O2S/c1-6-37-23(19-10-8-17(11-20(19)40-25(29)30)12-26(4,5)27(31,32)33)21(28)22(35-37)24(39)34-13-18-9-7-15(2)14-36(18)16(3)38;1-3-2/h8,10-11,15,18,25H,6-7,9,12-14H2,1-5H3,(H,34,39);/t15-,18+;/m1./s1. The normalized spacial score (nSPS) is 17.3. The van der Waals surface area contributed by atoms with E-state index < -0.39 is 42.1 Å². The Morgan fingerprint density at radius 2 is 1.84 bits per heavy atom. The molecule has 1 aromatic heterocycles. The molecule has 1 aromatic carbocycles. The molecule has 3 rings (SSSR count). The van der Waals surface area contributed by atoms with Crippen LogP contribution in [-0.4, -0.2) is 66.8 Å². The summed E-state index contributed by atoms with van der Waals surface area (Å²) in [5.41, 5.74) is -1.96. The van der Waals surface area contributed by atoms with E-state index in [1.54, 1.807) is 11.8 Å². The number of halogens is 6. The van der Waals surface area contributed by atoms with Crippen molar-refractivity contribution in [1.29, 1.82) is 0 Å². The van der Waals surface area contributed by atoms with Crippen molar-refractivity contribution in [3.63, 3.8) is 0 Å². The van der Waals surface area contributed by atoms with Crippen LogP contribution >= 0.6 is 11.6 Å². The van der Waals surface area contributed by atoms with Gasteiger partial charge in [0.2, 0.25) is 5.91 Å². The second-order valence-electron chi connectivity index (χ2n) is 10.9. The molecule has 0 radical (unpaired) electrons. The summed E-state index contributed by atoms with van der Waals surface area (Å²) < 4.78 is 89.5. The lowest BCUT2D eigenvalue weighted by Crippen LogP contribution is -2.50. The molecule has 0 saturated carbocycles. The first kappa shape index (κ1) is 36.1. The number of alkyl halides is 5. The number of aryl methyl sites for hydroxylation is 1. The van der Waals surface area contributed by atoms with Crippen LogP contribution in [0.15, 0.2) is 18.2 Å². The molecule has 240 valence electrons. The number of rotatable bonds is 9. The third-order valence-corrected chi connectivity index (χ3v) is 7.54. The van der Waals surface area contributed by atoms with Gasteiger partial charge in [0.05, 0.1) is 16.1 Å². The minimum atomic E-state index is -4.51. The number of aromatic nitrogens is 2. The van der Waals surface area contributed by atoms with E-state index in [4.69, 9.17) is 20.0 Å². The fourth-order valence-electron chi connectivity index (χ4n) is 4.85. The molecule has 0 aliphatic carbocycles. The molecule has 0 unspecified atom stereocenters. The average molecular weight is 657 g/mol. The van der Waals surface area contributed by atoms with Gasteiger partial charge in [-0.25, -0.2) is 0 Å². The van der Waals surface area contributed by atoms with Crippen LogP contribution in [0.2, 0.25) is 5.02 Å². The highest BCUT2D eigenvalue weighted by molar-refractivity contribution is 7.51. The zero-order valence-electron chi connectivity index (χ0n) is 24.3. The molecule has 0 spiro atoms. The molecule has 2 heterocycles. The summed E-state index contributed by atoms with van der Waals surface area (Å²) in [6.07, 6.45) is -3.36. The largest absolute Gasteiger partial charge is 0.434 e. The molecule has 16 heteroatoms. The van der Waals surface area contributed by atoms with Crippen molar-refractivity contribution in [2.24, 2.45) is 11.3 Å². The van der Waals surface area contributed by atoms with Crippen LogP contribution in [0.5, 0.6) is 5.75 Å². The van der Waals surface area contributed by atoms with Gasteiger partial charge in [0.15, 0.2) is 5.69 Å². The fraction of sp³-hybridized carbons (Fsp3) is 0.593. The Morgan fingerprint density at radius 3 is 2.37 bits per heavy atom. The van der Waals surface area contributed by atoms with E-state index in [2.05, 4.69) is 22.1 Å². The third-order valence-electron chi connectivity index (χ3n) is 7.18. The topological polar surface area (TPSA) is 111 Å². The maximum absolute atomic E-state index is 13.4. The van der Waals surface area contributed by atoms with Gasteiger partial charge in [-0.1, -0.05) is 38.4 Å². The van der Waals surface area contributed by atoms with Crippen molar-refractivity contribution in [2.45, 2.75) is 79.3 Å². The highest BCUT2D eigenvalue weighted by Gasteiger charge is 2.47.